The molecule has 1 amide bonds. The zero-order chi connectivity index (χ0) is 15.0. The van der Waals surface area contributed by atoms with Gasteiger partial charge < -0.3 is 14.2 Å². The number of carbonyl (C=O) groups excluding carboxylic acids is 1. The lowest BCUT2D eigenvalue weighted by molar-refractivity contribution is 0.0725. The van der Waals surface area contributed by atoms with Gasteiger partial charge in [0.25, 0.3) is 11.5 Å². The molecule has 0 saturated carbocycles. The fourth-order valence-electron chi connectivity index (χ4n) is 2.86. The van der Waals surface area contributed by atoms with Crippen LogP contribution < -0.4 is 5.56 Å². The summed E-state index contributed by atoms with van der Waals surface area (Å²) in [5.41, 5.74) is 1.08. The molecule has 2 aromatic rings. The molecule has 0 spiro atoms. The van der Waals surface area contributed by atoms with Crippen LogP contribution >= 0.6 is 0 Å². The van der Waals surface area contributed by atoms with Gasteiger partial charge in [-0.2, -0.15) is 0 Å². The molecule has 3 rings (SSSR count). The third-order valence-electron chi connectivity index (χ3n) is 4.15. The molecule has 1 aromatic heterocycles. The number of methoxy groups -OCH3 is 1. The highest BCUT2D eigenvalue weighted by molar-refractivity contribution is 6.06. The van der Waals surface area contributed by atoms with Crippen LogP contribution in [0.15, 0.2) is 35.1 Å². The van der Waals surface area contributed by atoms with Crippen LogP contribution in [0.25, 0.3) is 10.9 Å². The summed E-state index contributed by atoms with van der Waals surface area (Å²) >= 11 is 0. The summed E-state index contributed by atoms with van der Waals surface area (Å²) in [6.45, 7) is 1.25. The minimum absolute atomic E-state index is 0.0896. The maximum atomic E-state index is 12.7. The first-order chi connectivity index (χ1) is 10.1. The predicted octanol–water partition coefficient (Wildman–Crippen LogP) is 1.40. The number of pyridine rings is 1. The number of hydrogen-bond acceptors (Lipinski definition) is 3. The van der Waals surface area contributed by atoms with Crippen molar-refractivity contribution in [2.75, 3.05) is 20.2 Å². The van der Waals surface area contributed by atoms with E-state index in [9.17, 15) is 9.59 Å². The van der Waals surface area contributed by atoms with Crippen LogP contribution in [-0.2, 0) is 11.8 Å². The van der Waals surface area contributed by atoms with Gasteiger partial charge >= 0.3 is 0 Å². The van der Waals surface area contributed by atoms with Crippen LogP contribution in [0.4, 0.5) is 0 Å². The SMILES string of the molecule is CO[C@H]1CCN(C(=O)c2cc(=O)n(C)c3ccccc23)C1. The van der Waals surface area contributed by atoms with Crippen molar-refractivity contribution in [3.8, 4) is 0 Å². The average molecular weight is 286 g/mol. The number of carbonyl (C=O) groups is 1. The first-order valence-electron chi connectivity index (χ1n) is 7.02. The van der Waals surface area contributed by atoms with Gasteiger partial charge in [0.2, 0.25) is 0 Å². The molecule has 5 nitrogen and oxygen atoms in total. The number of rotatable bonds is 2. The van der Waals surface area contributed by atoms with Crippen LogP contribution in [0.3, 0.4) is 0 Å². The van der Waals surface area contributed by atoms with Gasteiger partial charge in [-0.15, -0.1) is 0 Å². The molecule has 1 aliphatic heterocycles. The lowest BCUT2D eigenvalue weighted by Gasteiger charge is -2.18. The monoisotopic (exact) mass is 286 g/mol. The van der Waals surface area contributed by atoms with Crippen LogP contribution in [0.1, 0.15) is 16.8 Å². The summed E-state index contributed by atoms with van der Waals surface area (Å²) in [7, 11) is 3.38. The zero-order valence-electron chi connectivity index (χ0n) is 12.2. The van der Waals surface area contributed by atoms with E-state index in [1.807, 2.05) is 24.3 Å². The number of ether oxygens (including phenoxy) is 1. The minimum Gasteiger partial charge on any atom is -0.380 e. The molecule has 1 aromatic carbocycles. The number of fused-ring (bicyclic) bond motifs is 1. The summed E-state index contributed by atoms with van der Waals surface area (Å²) in [4.78, 5) is 26.5. The molecule has 2 heterocycles. The molecular formula is C16H18N2O3. The molecular weight excluding hydrogens is 268 g/mol. The summed E-state index contributed by atoms with van der Waals surface area (Å²) in [6.07, 6.45) is 0.928. The normalized spacial score (nSPS) is 18.4. The third-order valence-corrected chi connectivity index (χ3v) is 4.15. The fraction of sp³-hybridized carbons (Fsp3) is 0.375. The lowest BCUT2D eigenvalue weighted by Crippen LogP contribution is -2.31. The van der Waals surface area contributed by atoms with Gasteiger partial charge in [-0.25, -0.2) is 0 Å². The van der Waals surface area contributed by atoms with E-state index in [0.717, 1.165) is 17.3 Å². The number of hydrogen-bond donors (Lipinski definition) is 0. The van der Waals surface area contributed by atoms with Crippen molar-refractivity contribution in [1.29, 1.82) is 0 Å². The van der Waals surface area contributed by atoms with Crippen LogP contribution in [-0.4, -0.2) is 41.7 Å². The highest BCUT2D eigenvalue weighted by Crippen LogP contribution is 2.21. The molecule has 1 aliphatic rings. The molecule has 5 heteroatoms. The van der Waals surface area contributed by atoms with Gasteiger partial charge in [-0.1, -0.05) is 18.2 Å². The van der Waals surface area contributed by atoms with Crippen LogP contribution in [0.5, 0.6) is 0 Å². The van der Waals surface area contributed by atoms with Gasteiger partial charge in [0.15, 0.2) is 0 Å². The van der Waals surface area contributed by atoms with Crippen LogP contribution in [0.2, 0.25) is 0 Å². The number of aromatic nitrogens is 1. The van der Waals surface area contributed by atoms with Gasteiger partial charge in [0, 0.05) is 38.7 Å². The molecule has 0 bridgehead atoms. The summed E-state index contributed by atoms with van der Waals surface area (Å²) in [5.74, 6) is -0.0940. The van der Waals surface area contributed by atoms with Crippen LogP contribution in [0, 0.1) is 0 Å². The Bertz CT molecular complexity index is 751. The van der Waals surface area contributed by atoms with Crippen molar-refractivity contribution >= 4 is 16.8 Å². The number of likely N-dealkylation sites (tertiary alicyclic amines) is 1. The van der Waals surface area contributed by atoms with E-state index < -0.39 is 0 Å². The second-order valence-corrected chi connectivity index (χ2v) is 5.37. The van der Waals surface area contributed by atoms with E-state index in [1.165, 1.54) is 6.07 Å². The largest absolute Gasteiger partial charge is 0.380 e. The maximum absolute atomic E-state index is 12.7. The lowest BCUT2D eigenvalue weighted by atomic mass is 10.1. The molecule has 1 atom stereocenters. The minimum atomic E-state index is -0.167. The number of para-hydroxylation sites is 1. The Balaban J connectivity index is 2.07. The molecule has 0 aliphatic carbocycles. The van der Waals surface area contributed by atoms with E-state index in [-0.39, 0.29) is 17.6 Å². The predicted molar refractivity (Wildman–Crippen MR) is 80.5 cm³/mol. The molecule has 21 heavy (non-hydrogen) atoms. The van der Waals surface area contributed by atoms with E-state index in [2.05, 4.69) is 0 Å². The summed E-state index contributed by atoms with van der Waals surface area (Å²) in [6, 6.07) is 8.92. The van der Waals surface area contributed by atoms with Crippen molar-refractivity contribution in [2.45, 2.75) is 12.5 Å². The van der Waals surface area contributed by atoms with E-state index >= 15 is 0 Å². The highest BCUT2D eigenvalue weighted by Gasteiger charge is 2.28. The van der Waals surface area contributed by atoms with Crippen molar-refractivity contribution in [3.05, 3.63) is 46.2 Å². The van der Waals surface area contributed by atoms with Crippen molar-refractivity contribution in [1.82, 2.24) is 9.47 Å². The van der Waals surface area contributed by atoms with Gasteiger partial charge in [-0.05, 0) is 12.5 Å². The Hall–Kier alpha value is -2.14. The van der Waals surface area contributed by atoms with Gasteiger partial charge in [0.05, 0.1) is 17.2 Å². The molecule has 0 N–H and O–H groups in total. The van der Waals surface area contributed by atoms with E-state index in [4.69, 9.17) is 4.74 Å². The first kappa shape index (κ1) is 13.8. The highest BCUT2D eigenvalue weighted by atomic mass is 16.5. The standard InChI is InChI=1S/C16H18N2O3/c1-17-14-6-4-3-5-12(14)13(9-15(17)19)16(20)18-8-7-11(10-18)21-2/h3-6,9,11H,7-8,10H2,1-2H3/t11-/m0/s1. The summed E-state index contributed by atoms with van der Waals surface area (Å²) < 4.78 is 6.86. The number of benzene rings is 1. The van der Waals surface area contributed by atoms with E-state index in [1.54, 1.807) is 23.6 Å². The van der Waals surface area contributed by atoms with E-state index in [0.29, 0.717) is 18.7 Å². The maximum Gasteiger partial charge on any atom is 0.254 e. The molecule has 0 unspecified atom stereocenters. The smallest absolute Gasteiger partial charge is 0.254 e. The van der Waals surface area contributed by atoms with Crippen molar-refractivity contribution in [2.24, 2.45) is 7.05 Å². The van der Waals surface area contributed by atoms with Gasteiger partial charge in [-0.3, -0.25) is 9.59 Å². The van der Waals surface area contributed by atoms with Crippen molar-refractivity contribution in [3.63, 3.8) is 0 Å². The Morgan fingerprint density at radius 3 is 2.81 bits per heavy atom. The molecule has 110 valence electrons. The number of nitrogens with zero attached hydrogens (tertiary/aromatic N) is 2. The first-order valence-corrected chi connectivity index (χ1v) is 7.02. The molecule has 1 fully saturated rings. The quantitative estimate of drug-likeness (QED) is 0.838. The second kappa shape index (κ2) is 5.33. The van der Waals surface area contributed by atoms with Gasteiger partial charge in [0.1, 0.15) is 0 Å². The Kier molecular flexibility index (Phi) is 3.51. The molecule has 1 saturated heterocycles. The number of amides is 1. The Morgan fingerprint density at radius 1 is 1.33 bits per heavy atom. The zero-order valence-corrected chi connectivity index (χ0v) is 12.2. The average Bonchev–Trinajstić information content (AvgIpc) is 2.99. The fourth-order valence-corrected chi connectivity index (χ4v) is 2.86. The topological polar surface area (TPSA) is 51.5 Å². The molecule has 0 radical (unpaired) electrons. The third kappa shape index (κ3) is 2.34. The number of aryl methyl sites for hydroxylation is 1. The Morgan fingerprint density at radius 2 is 2.10 bits per heavy atom. The second-order valence-electron chi connectivity index (χ2n) is 5.37. The Labute approximate surface area is 122 Å². The van der Waals surface area contributed by atoms with Crippen molar-refractivity contribution < 1.29 is 9.53 Å². The summed E-state index contributed by atoms with van der Waals surface area (Å²) in [5, 5.41) is 0.811.